The first-order valence-electron chi connectivity index (χ1n) is 5.32. The summed E-state index contributed by atoms with van der Waals surface area (Å²) in [5.41, 5.74) is 1.11. The van der Waals surface area contributed by atoms with Crippen LogP contribution in [0.3, 0.4) is 0 Å². The van der Waals surface area contributed by atoms with Gasteiger partial charge in [-0.3, -0.25) is 0 Å². The Labute approximate surface area is 97.0 Å². The Kier molecular flexibility index (Phi) is 4.50. The molecule has 16 heavy (non-hydrogen) atoms. The molecule has 90 valence electrons. The largest absolute Gasteiger partial charge is 0.392 e. The quantitative estimate of drug-likeness (QED) is 0.849. The first-order chi connectivity index (χ1) is 7.41. The lowest BCUT2D eigenvalue weighted by Gasteiger charge is -2.16. The van der Waals surface area contributed by atoms with Gasteiger partial charge < -0.3 is 5.11 Å². The van der Waals surface area contributed by atoms with Gasteiger partial charge in [0.25, 0.3) is 0 Å². The topological polar surface area (TPSA) is 54.4 Å². The molecule has 2 unspecified atom stereocenters. The second kappa shape index (κ2) is 5.46. The van der Waals surface area contributed by atoms with Crippen molar-refractivity contribution in [2.75, 3.05) is 6.26 Å². The molecule has 0 saturated heterocycles. The first-order valence-corrected chi connectivity index (χ1v) is 7.27. The van der Waals surface area contributed by atoms with Crippen molar-refractivity contribution < 1.29 is 13.5 Å². The Morgan fingerprint density at radius 3 is 2.31 bits per heavy atom. The summed E-state index contributed by atoms with van der Waals surface area (Å²) in [6.07, 6.45) is 1.53. The van der Waals surface area contributed by atoms with E-state index in [1.807, 2.05) is 30.3 Å². The van der Waals surface area contributed by atoms with Gasteiger partial charge >= 0.3 is 0 Å². The van der Waals surface area contributed by atoms with Crippen LogP contribution >= 0.6 is 0 Å². The van der Waals surface area contributed by atoms with Gasteiger partial charge in [0, 0.05) is 6.26 Å². The van der Waals surface area contributed by atoms with Gasteiger partial charge in [-0.15, -0.1) is 0 Å². The van der Waals surface area contributed by atoms with Crippen LogP contribution in [0.15, 0.2) is 30.3 Å². The molecule has 0 amide bonds. The van der Waals surface area contributed by atoms with Crippen molar-refractivity contribution in [3.8, 4) is 0 Å². The van der Waals surface area contributed by atoms with Crippen molar-refractivity contribution in [3.05, 3.63) is 35.9 Å². The summed E-state index contributed by atoms with van der Waals surface area (Å²) in [6.45, 7) is 1.55. The Bertz CT molecular complexity index is 411. The fourth-order valence-corrected chi connectivity index (χ4v) is 2.19. The highest BCUT2D eigenvalue weighted by Gasteiger charge is 2.23. The van der Waals surface area contributed by atoms with Gasteiger partial charge in [-0.25, -0.2) is 8.42 Å². The number of sulfone groups is 1. The Balaban J connectivity index is 2.51. The highest BCUT2D eigenvalue weighted by Crippen LogP contribution is 2.11. The second-order valence-electron chi connectivity index (χ2n) is 4.13. The van der Waals surface area contributed by atoms with Crippen LogP contribution in [0.2, 0.25) is 0 Å². The Morgan fingerprint density at radius 1 is 1.25 bits per heavy atom. The van der Waals surface area contributed by atoms with E-state index in [-0.39, 0.29) is 0 Å². The zero-order valence-electron chi connectivity index (χ0n) is 9.63. The van der Waals surface area contributed by atoms with Crippen LogP contribution in [0.4, 0.5) is 0 Å². The molecular weight excluding hydrogens is 224 g/mol. The van der Waals surface area contributed by atoms with Crippen molar-refractivity contribution in [2.24, 2.45) is 0 Å². The summed E-state index contributed by atoms with van der Waals surface area (Å²) in [5, 5.41) is 9.04. The fourth-order valence-electron chi connectivity index (χ4n) is 1.48. The summed E-state index contributed by atoms with van der Waals surface area (Å²) in [7, 11) is -3.16. The van der Waals surface area contributed by atoms with Crippen LogP contribution < -0.4 is 0 Å². The van der Waals surface area contributed by atoms with Gasteiger partial charge in [-0.05, 0) is 25.3 Å². The monoisotopic (exact) mass is 242 g/mol. The molecular formula is C12H18O3S. The fraction of sp³-hybridized carbons (Fsp3) is 0.500. The Morgan fingerprint density at radius 2 is 1.81 bits per heavy atom. The molecule has 0 bridgehead atoms. The smallest absolute Gasteiger partial charge is 0.152 e. The van der Waals surface area contributed by atoms with E-state index in [9.17, 15) is 13.5 Å². The van der Waals surface area contributed by atoms with Crippen LogP contribution in [0.25, 0.3) is 0 Å². The number of aryl methyl sites for hydroxylation is 1. The summed E-state index contributed by atoms with van der Waals surface area (Å²) < 4.78 is 22.4. The van der Waals surface area contributed by atoms with Crippen molar-refractivity contribution in [3.63, 3.8) is 0 Å². The van der Waals surface area contributed by atoms with E-state index in [1.165, 1.54) is 0 Å². The van der Waals surface area contributed by atoms with Crippen LogP contribution in [0.5, 0.6) is 0 Å². The average Bonchev–Trinajstić information content (AvgIpc) is 2.25. The maximum atomic E-state index is 11.2. The third kappa shape index (κ3) is 3.94. The lowest BCUT2D eigenvalue weighted by atomic mass is 10.1. The maximum absolute atomic E-state index is 11.2. The van der Waals surface area contributed by atoms with Gasteiger partial charge in [0.1, 0.15) is 0 Å². The minimum Gasteiger partial charge on any atom is -0.392 e. The molecule has 4 heteroatoms. The third-order valence-electron chi connectivity index (χ3n) is 2.79. The third-order valence-corrected chi connectivity index (χ3v) is 4.45. The van der Waals surface area contributed by atoms with E-state index < -0.39 is 21.2 Å². The van der Waals surface area contributed by atoms with E-state index in [0.717, 1.165) is 11.8 Å². The molecule has 0 radical (unpaired) electrons. The molecule has 0 aliphatic rings. The summed E-state index contributed by atoms with van der Waals surface area (Å²) >= 11 is 0. The molecule has 1 aromatic rings. The van der Waals surface area contributed by atoms with Crippen LogP contribution in [0, 0.1) is 0 Å². The SMILES string of the molecule is CC(C(O)CCc1ccccc1)S(C)(=O)=O. The summed E-state index contributed by atoms with van der Waals surface area (Å²) in [6, 6.07) is 9.73. The van der Waals surface area contributed by atoms with E-state index in [1.54, 1.807) is 6.92 Å². The van der Waals surface area contributed by atoms with E-state index >= 15 is 0 Å². The van der Waals surface area contributed by atoms with Crippen molar-refractivity contribution in [2.45, 2.75) is 31.1 Å². The zero-order chi connectivity index (χ0) is 12.2. The zero-order valence-corrected chi connectivity index (χ0v) is 10.4. The number of rotatable bonds is 5. The molecule has 1 aromatic carbocycles. The van der Waals surface area contributed by atoms with Crippen molar-refractivity contribution in [1.82, 2.24) is 0 Å². The van der Waals surface area contributed by atoms with E-state index in [2.05, 4.69) is 0 Å². The number of aliphatic hydroxyl groups is 1. The Hall–Kier alpha value is -0.870. The van der Waals surface area contributed by atoms with Gasteiger partial charge in [0.2, 0.25) is 0 Å². The van der Waals surface area contributed by atoms with Crippen LogP contribution in [-0.4, -0.2) is 31.1 Å². The molecule has 0 aromatic heterocycles. The van der Waals surface area contributed by atoms with E-state index in [4.69, 9.17) is 0 Å². The molecule has 0 fully saturated rings. The standard InChI is InChI=1S/C12H18O3S/c1-10(16(2,14)15)12(13)9-8-11-6-4-3-5-7-11/h3-7,10,12-13H,8-9H2,1-2H3. The first kappa shape index (κ1) is 13.2. The number of hydrogen-bond acceptors (Lipinski definition) is 3. The average molecular weight is 242 g/mol. The number of benzene rings is 1. The normalized spacial score (nSPS) is 15.7. The molecule has 2 atom stereocenters. The number of hydrogen-bond donors (Lipinski definition) is 1. The minimum atomic E-state index is -3.16. The van der Waals surface area contributed by atoms with Crippen LogP contribution in [-0.2, 0) is 16.3 Å². The lowest BCUT2D eigenvalue weighted by molar-refractivity contribution is 0.163. The van der Waals surface area contributed by atoms with E-state index in [0.29, 0.717) is 12.8 Å². The summed E-state index contributed by atoms with van der Waals surface area (Å²) in [5.74, 6) is 0. The van der Waals surface area contributed by atoms with Crippen LogP contribution in [0.1, 0.15) is 18.9 Å². The maximum Gasteiger partial charge on any atom is 0.152 e. The summed E-state index contributed by atoms with van der Waals surface area (Å²) in [4.78, 5) is 0. The predicted molar refractivity (Wildman–Crippen MR) is 65.1 cm³/mol. The van der Waals surface area contributed by atoms with Gasteiger partial charge in [-0.2, -0.15) is 0 Å². The molecule has 0 spiro atoms. The minimum absolute atomic E-state index is 0.470. The lowest BCUT2D eigenvalue weighted by Crippen LogP contribution is -2.30. The number of aliphatic hydroxyl groups excluding tert-OH is 1. The van der Waals surface area contributed by atoms with Crippen molar-refractivity contribution >= 4 is 9.84 Å². The van der Waals surface area contributed by atoms with Crippen molar-refractivity contribution in [1.29, 1.82) is 0 Å². The highest BCUT2D eigenvalue weighted by atomic mass is 32.2. The second-order valence-corrected chi connectivity index (χ2v) is 6.53. The van der Waals surface area contributed by atoms with Gasteiger partial charge in [-0.1, -0.05) is 30.3 Å². The van der Waals surface area contributed by atoms with Gasteiger partial charge in [0.05, 0.1) is 11.4 Å². The molecule has 0 aliphatic carbocycles. The predicted octanol–water partition coefficient (Wildman–Crippen LogP) is 1.41. The molecule has 0 heterocycles. The molecule has 1 N–H and O–H groups in total. The molecule has 0 saturated carbocycles. The highest BCUT2D eigenvalue weighted by molar-refractivity contribution is 7.91. The molecule has 0 aliphatic heterocycles. The molecule has 1 rings (SSSR count). The van der Waals surface area contributed by atoms with Gasteiger partial charge in [0.15, 0.2) is 9.84 Å². The molecule has 3 nitrogen and oxygen atoms in total.